The minimum absolute atomic E-state index is 0.200. The summed E-state index contributed by atoms with van der Waals surface area (Å²) in [4.78, 5) is 12.5. The van der Waals surface area contributed by atoms with Crippen LogP contribution in [0, 0.1) is 0 Å². The molecule has 29 heavy (non-hydrogen) atoms. The van der Waals surface area contributed by atoms with E-state index in [1.807, 2.05) is 54.6 Å². The molecule has 5 nitrogen and oxygen atoms in total. The molecule has 0 saturated heterocycles. The molecule has 1 aromatic heterocycles. The van der Waals surface area contributed by atoms with Crippen LogP contribution in [0.4, 0.5) is 0 Å². The van der Waals surface area contributed by atoms with Crippen LogP contribution in [0.25, 0.3) is 21.7 Å². The number of ether oxygens (including phenoxy) is 1. The molecule has 0 spiro atoms. The second kappa shape index (κ2) is 8.32. The van der Waals surface area contributed by atoms with Gasteiger partial charge in [-0.25, -0.2) is 5.43 Å². The Labute approximate surface area is 175 Å². The molecule has 0 bridgehead atoms. The Balaban J connectivity index is 1.55. The van der Waals surface area contributed by atoms with Gasteiger partial charge in [-0.05, 0) is 41.1 Å². The Hall–Kier alpha value is -3.38. The predicted molar refractivity (Wildman–Crippen MR) is 119 cm³/mol. The zero-order valence-electron chi connectivity index (χ0n) is 15.4. The van der Waals surface area contributed by atoms with Crippen molar-refractivity contribution in [3.63, 3.8) is 0 Å². The van der Waals surface area contributed by atoms with E-state index in [1.165, 1.54) is 6.21 Å². The van der Waals surface area contributed by atoms with Crippen molar-refractivity contribution in [1.29, 1.82) is 0 Å². The quantitative estimate of drug-likeness (QED) is 0.234. The number of furan rings is 1. The SMILES string of the molecule is C=CCOc1ccc(Br)cc1/C=N/NC(=O)c1cc2c(ccc3ccccc32)o1. The first-order valence-electron chi connectivity index (χ1n) is 8.93. The van der Waals surface area contributed by atoms with E-state index in [-0.39, 0.29) is 5.76 Å². The van der Waals surface area contributed by atoms with E-state index in [1.54, 1.807) is 12.1 Å². The highest BCUT2D eigenvalue weighted by Gasteiger charge is 2.13. The van der Waals surface area contributed by atoms with Crippen molar-refractivity contribution >= 4 is 49.8 Å². The monoisotopic (exact) mass is 448 g/mol. The Morgan fingerprint density at radius 3 is 2.86 bits per heavy atom. The maximum atomic E-state index is 12.5. The zero-order valence-corrected chi connectivity index (χ0v) is 17.0. The second-order valence-electron chi connectivity index (χ2n) is 6.29. The fourth-order valence-corrected chi connectivity index (χ4v) is 3.40. The normalized spacial score (nSPS) is 11.2. The summed E-state index contributed by atoms with van der Waals surface area (Å²) in [6.07, 6.45) is 3.19. The topological polar surface area (TPSA) is 63.8 Å². The molecule has 4 aromatic rings. The van der Waals surface area contributed by atoms with Crippen LogP contribution in [0.3, 0.4) is 0 Å². The highest BCUT2D eigenvalue weighted by Crippen LogP contribution is 2.28. The fourth-order valence-electron chi connectivity index (χ4n) is 3.02. The molecular weight excluding hydrogens is 432 g/mol. The van der Waals surface area contributed by atoms with Gasteiger partial charge < -0.3 is 9.15 Å². The molecule has 1 N–H and O–H groups in total. The number of nitrogens with one attached hydrogen (secondary N) is 1. The van der Waals surface area contributed by atoms with Gasteiger partial charge in [-0.2, -0.15) is 5.10 Å². The van der Waals surface area contributed by atoms with Crippen LogP contribution in [-0.2, 0) is 0 Å². The molecule has 144 valence electrons. The lowest BCUT2D eigenvalue weighted by atomic mass is 10.1. The second-order valence-corrected chi connectivity index (χ2v) is 7.21. The van der Waals surface area contributed by atoms with Crippen LogP contribution in [-0.4, -0.2) is 18.7 Å². The summed E-state index contributed by atoms with van der Waals surface area (Å²) in [5.41, 5.74) is 3.88. The summed E-state index contributed by atoms with van der Waals surface area (Å²) >= 11 is 3.42. The standard InChI is InChI=1S/C23H17BrN2O3/c1-2-11-28-20-10-8-17(24)12-16(20)14-25-26-23(27)22-13-19-18-6-4-3-5-15(18)7-9-21(19)29-22/h2-10,12-14H,1,11H2,(H,26,27)/b25-14+. The molecule has 3 aromatic carbocycles. The number of rotatable bonds is 6. The molecule has 4 rings (SSSR count). The molecule has 0 unspecified atom stereocenters. The Morgan fingerprint density at radius 2 is 2.00 bits per heavy atom. The van der Waals surface area contributed by atoms with Crippen molar-refractivity contribution in [2.45, 2.75) is 0 Å². The van der Waals surface area contributed by atoms with Gasteiger partial charge in [0.25, 0.3) is 0 Å². The van der Waals surface area contributed by atoms with Crippen molar-refractivity contribution in [1.82, 2.24) is 5.43 Å². The first-order chi connectivity index (χ1) is 14.2. The summed E-state index contributed by atoms with van der Waals surface area (Å²) in [5.74, 6) is 0.414. The van der Waals surface area contributed by atoms with Gasteiger partial charge in [0, 0.05) is 15.4 Å². The summed E-state index contributed by atoms with van der Waals surface area (Å²) < 4.78 is 12.2. The lowest BCUT2D eigenvalue weighted by Crippen LogP contribution is -2.16. The fraction of sp³-hybridized carbons (Fsp3) is 0.0435. The van der Waals surface area contributed by atoms with Gasteiger partial charge in [0.05, 0.1) is 6.21 Å². The van der Waals surface area contributed by atoms with Gasteiger partial charge in [0.1, 0.15) is 17.9 Å². The molecule has 1 heterocycles. The van der Waals surface area contributed by atoms with Crippen LogP contribution in [0.1, 0.15) is 16.1 Å². The molecule has 0 aliphatic heterocycles. The van der Waals surface area contributed by atoms with Gasteiger partial charge >= 0.3 is 5.91 Å². The smallest absolute Gasteiger partial charge is 0.307 e. The number of fused-ring (bicyclic) bond motifs is 3. The van der Waals surface area contributed by atoms with E-state index in [9.17, 15) is 4.79 Å². The Bertz CT molecular complexity index is 1240. The van der Waals surface area contributed by atoms with Crippen molar-refractivity contribution < 1.29 is 13.9 Å². The number of hydrazone groups is 1. The summed E-state index contributed by atoms with van der Waals surface area (Å²) in [6, 6.07) is 19.1. The van der Waals surface area contributed by atoms with Gasteiger partial charge in [-0.3, -0.25) is 4.79 Å². The third-order valence-electron chi connectivity index (χ3n) is 4.35. The van der Waals surface area contributed by atoms with Crippen LogP contribution in [0.2, 0.25) is 0 Å². The Kier molecular flexibility index (Phi) is 5.44. The number of halogens is 1. The van der Waals surface area contributed by atoms with Crippen molar-refractivity contribution in [3.8, 4) is 5.75 Å². The average Bonchev–Trinajstić information content (AvgIpc) is 3.18. The molecule has 0 saturated carbocycles. The van der Waals surface area contributed by atoms with Crippen LogP contribution in [0.15, 0.2) is 87.3 Å². The third kappa shape index (κ3) is 4.07. The minimum Gasteiger partial charge on any atom is -0.489 e. The van der Waals surface area contributed by atoms with E-state index >= 15 is 0 Å². The zero-order chi connectivity index (χ0) is 20.2. The van der Waals surface area contributed by atoms with E-state index in [0.29, 0.717) is 17.9 Å². The summed E-state index contributed by atoms with van der Waals surface area (Å²) in [5, 5.41) is 7.07. The third-order valence-corrected chi connectivity index (χ3v) is 4.84. The van der Waals surface area contributed by atoms with E-state index in [2.05, 4.69) is 33.0 Å². The summed E-state index contributed by atoms with van der Waals surface area (Å²) in [7, 11) is 0. The highest BCUT2D eigenvalue weighted by atomic mass is 79.9. The number of nitrogens with zero attached hydrogens (tertiary/aromatic N) is 1. The molecule has 6 heteroatoms. The van der Waals surface area contributed by atoms with Crippen molar-refractivity contribution in [3.05, 3.63) is 89.1 Å². The van der Waals surface area contributed by atoms with Crippen LogP contribution < -0.4 is 10.2 Å². The van der Waals surface area contributed by atoms with Crippen molar-refractivity contribution in [2.75, 3.05) is 6.61 Å². The summed E-state index contributed by atoms with van der Waals surface area (Å²) in [6.45, 7) is 4.02. The molecule has 0 fully saturated rings. The molecule has 0 aliphatic carbocycles. The number of hydrogen-bond acceptors (Lipinski definition) is 4. The first kappa shape index (κ1) is 19.0. The number of hydrogen-bond donors (Lipinski definition) is 1. The average molecular weight is 449 g/mol. The molecular formula is C23H17BrN2O3. The highest BCUT2D eigenvalue weighted by molar-refractivity contribution is 9.10. The van der Waals surface area contributed by atoms with E-state index in [0.717, 1.165) is 26.2 Å². The number of benzene rings is 3. The van der Waals surface area contributed by atoms with Crippen LogP contribution >= 0.6 is 15.9 Å². The minimum atomic E-state index is -0.426. The number of carbonyl (C=O) groups is 1. The van der Waals surface area contributed by atoms with Crippen LogP contribution in [0.5, 0.6) is 5.75 Å². The van der Waals surface area contributed by atoms with Gasteiger partial charge in [-0.15, -0.1) is 0 Å². The maximum Gasteiger partial charge on any atom is 0.307 e. The maximum absolute atomic E-state index is 12.5. The number of amides is 1. The van der Waals surface area contributed by atoms with E-state index < -0.39 is 5.91 Å². The largest absolute Gasteiger partial charge is 0.489 e. The van der Waals surface area contributed by atoms with Gasteiger partial charge in [0.15, 0.2) is 5.76 Å². The molecule has 0 radical (unpaired) electrons. The Morgan fingerprint density at radius 1 is 1.14 bits per heavy atom. The first-order valence-corrected chi connectivity index (χ1v) is 9.73. The molecule has 0 aliphatic rings. The predicted octanol–water partition coefficient (Wildman–Crippen LogP) is 5.68. The number of carbonyl (C=O) groups excluding carboxylic acids is 1. The lowest BCUT2D eigenvalue weighted by Gasteiger charge is -2.07. The van der Waals surface area contributed by atoms with E-state index in [4.69, 9.17) is 9.15 Å². The van der Waals surface area contributed by atoms with Gasteiger partial charge in [-0.1, -0.05) is 58.9 Å². The molecule has 0 atom stereocenters. The molecule has 1 amide bonds. The van der Waals surface area contributed by atoms with Crippen molar-refractivity contribution in [2.24, 2.45) is 5.10 Å². The van der Waals surface area contributed by atoms with Gasteiger partial charge in [0.2, 0.25) is 0 Å². The lowest BCUT2D eigenvalue weighted by molar-refractivity contribution is 0.0929.